The number of carbonyl (C=O) groups is 7. The van der Waals surface area contributed by atoms with Crippen molar-refractivity contribution in [3.05, 3.63) is 0 Å². The van der Waals surface area contributed by atoms with Gasteiger partial charge in [0, 0.05) is 19.3 Å². The Morgan fingerprint density at radius 1 is 0.706 bits per heavy atom. The lowest BCUT2D eigenvalue weighted by Crippen LogP contribution is -2.53. The van der Waals surface area contributed by atoms with E-state index in [0.29, 0.717) is 30.7 Å². The van der Waals surface area contributed by atoms with Gasteiger partial charge in [0.2, 0.25) is 5.91 Å². The van der Waals surface area contributed by atoms with Gasteiger partial charge < -0.3 is 25.1 Å². The predicted molar refractivity (Wildman–Crippen MR) is 190 cm³/mol. The molecule has 1 heterocycles. The summed E-state index contributed by atoms with van der Waals surface area (Å²) in [7, 11) is 0. The smallest absolute Gasteiger partial charge is 0.333 e. The molecule has 0 spiro atoms. The molecule has 1 aliphatic rings. The van der Waals surface area contributed by atoms with Gasteiger partial charge in [0.05, 0.1) is 6.42 Å². The Morgan fingerprint density at radius 2 is 1.16 bits per heavy atom. The molecule has 0 bridgehead atoms. The summed E-state index contributed by atoms with van der Waals surface area (Å²) in [6.45, 7) is 7.10. The Hall–Kier alpha value is -3.51. The molecule has 2 atom stereocenters. The van der Waals surface area contributed by atoms with Crippen molar-refractivity contribution in [3.8, 4) is 0 Å². The molecule has 0 saturated carbocycles. The van der Waals surface area contributed by atoms with Crippen LogP contribution in [0.25, 0.3) is 0 Å². The lowest BCUT2D eigenvalue weighted by molar-refractivity contribution is -0.197. The zero-order chi connectivity index (χ0) is 38.3. The van der Waals surface area contributed by atoms with Crippen LogP contribution < -0.4 is 5.32 Å². The lowest BCUT2D eigenvalue weighted by Gasteiger charge is -2.31. The SMILES string of the molecule is CCCCCCCCCCCC(CCCCCCCCCCC(=O)O)(C(=O)O)C(=O)NC(CCC(=O)ON1C(=O)CCC1=O)C(=O)OC(C)(C)C. The molecule has 0 aromatic heterocycles. The number of esters is 1. The third-order valence-electron chi connectivity index (χ3n) is 9.13. The molecule has 3 amide bonds. The minimum Gasteiger partial charge on any atom is -0.481 e. The maximum atomic E-state index is 14.0. The number of nitrogens with zero attached hydrogens (tertiary/aromatic N) is 1. The Labute approximate surface area is 303 Å². The van der Waals surface area contributed by atoms with Gasteiger partial charge in [-0.15, -0.1) is 5.06 Å². The molecule has 13 heteroatoms. The minimum atomic E-state index is -1.80. The highest BCUT2D eigenvalue weighted by Crippen LogP contribution is 2.34. The van der Waals surface area contributed by atoms with E-state index in [2.05, 4.69) is 12.2 Å². The molecule has 1 aliphatic heterocycles. The molecule has 3 N–H and O–H groups in total. The van der Waals surface area contributed by atoms with Gasteiger partial charge in [-0.2, -0.15) is 0 Å². The molecule has 0 aromatic rings. The van der Waals surface area contributed by atoms with E-state index in [1.54, 1.807) is 20.8 Å². The molecule has 2 unspecified atom stereocenters. The van der Waals surface area contributed by atoms with Crippen LogP contribution in [-0.2, 0) is 43.1 Å². The van der Waals surface area contributed by atoms with Gasteiger partial charge in [-0.1, -0.05) is 110 Å². The summed E-state index contributed by atoms with van der Waals surface area (Å²) in [5, 5.41) is 22.4. The van der Waals surface area contributed by atoms with Crippen molar-refractivity contribution in [2.24, 2.45) is 5.41 Å². The first-order chi connectivity index (χ1) is 24.1. The van der Waals surface area contributed by atoms with E-state index in [-0.39, 0.29) is 38.5 Å². The fourth-order valence-electron chi connectivity index (χ4n) is 6.15. The Balaban J connectivity index is 2.99. The molecular formula is C38H64N2O11. The van der Waals surface area contributed by atoms with E-state index in [1.807, 2.05) is 0 Å². The molecule has 51 heavy (non-hydrogen) atoms. The van der Waals surface area contributed by atoms with Crippen molar-refractivity contribution < 1.29 is 53.3 Å². The summed E-state index contributed by atoms with van der Waals surface area (Å²) in [5.41, 5.74) is -2.74. The summed E-state index contributed by atoms with van der Waals surface area (Å²) in [5.74, 6) is -5.98. The van der Waals surface area contributed by atoms with Crippen LogP contribution >= 0.6 is 0 Å². The summed E-state index contributed by atoms with van der Waals surface area (Å²) in [6, 6.07) is -1.38. The second-order valence-electron chi connectivity index (χ2n) is 14.8. The number of amides is 3. The fourth-order valence-corrected chi connectivity index (χ4v) is 6.15. The van der Waals surface area contributed by atoms with Gasteiger partial charge in [0.1, 0.15) is 17.1 Å². The van der Waals surface area contributed by atoms with Crippen LogP contribution in [0, 0.1) is 5.41 Å². The van der Waals surface area contributed by atoms with Crippen molar-refractivity contribution in [2.45, 2.75) is 193 Å². The number of carboxylic acid groups (broad SMARTS) is 2. The van der Waals surface area contributed by atoms with Crippen LogP contribution in [0.2, 0.25) is 0 Å². The van der Waals surface area contributed by atoms with Crippen molar-refractivity contribution in [1.82, 2.24) is 10.4 Å². The third kappa shape index (κ3) is 19.1. The fraction of sp³-hybridized carbons (Fsp3) is 0.816. The van der Waals surface area contributed by atoms with Gasteiger partial charge in [0.15, 0.2) is 0 Å². The number of ether oxygens (including phenoxy) is 1. The van der Waals surface area contributed by atoms with Crippen molar-refractivity contribution in [2.75, 3.05) is 0 Å². The number of nitrogens with one attached hydrogen (secondary N) is 1. The summed E-state index contributed by atoms with van der Waals surface area (Å²) in [6.07, 6.45) is 14.9. The van der Waals surface area contributed by atoms with Gasteiger partial charge in [-0.25, -0.2) is 9.59 Å². The van der Waals surface area contributed by atoms with Crippen molar-refractivity contribution >= 4 is 41.6 Å². The molecule has 0 aromatic carbocycles. The van der Waals surface area contributed by atoms with Crippen LogP contribution in [0.3, 0.4) is 0 Å². The minimum absolute atomic E-state index is 0.0755. The number of carboxylic acids is 2. The molecule has 292 valence electrons. The highest BCUT2D eigenvalue weighted by molar-refractivity contribution is 6.03. The van der Waals surface area contributed by atoms with Gasteiger partial charge in [-0.3, -0.25) is 24.0 Å². The number of hydrogen-bond donors (Lipinski definition) is 3. The largest absolute Gasteiger partial charge is 0.481 e. The molecule has 1 fully saturated rings. The topological polar surface area (TPSA) is 194 Å². The summed E-state index contributed by atoms with van der Waals surface area (Å²) in [4.78, 5) is 92.2. The van der Waals surface area contributed by atoms with Crippen LogP contribution in [-0.4, -0.2) is 68.5 Å². The Kier molecular flexibility index (Phi) is 22.0. The van der Waals surface area contributed by atoms with Crippen molar-refractivity contribution in [1.29, 1.82) is 0 Å². The molecule has 1 rings (SSSR count). The van der Waals surface area contributed by atoms with Crippen LogP contribution in [0.5, 0.6) is 0 Å². The normalized spacial score (nSPS) is 14.9. The second kappa shape index (κ2) is 24.6. The number of aliphatic carboxylic acids is 2. The van der Waals surface area contributed by atoms with E-state index in [9.17, 15) is 38.7 Å². The average molecular weight is 725 g/mol. The van der Waals surface area contributed by atoms with Gasteiger partial charge in [-0.05, 0) is 46.5 Å². The summed E-state index contributed by atoms with van der Waals surface area (Å²) < 4.78 is 5.51. The average Bonchev–Trinajstić information content (AvgIpc) is 3.36. The number of rotatable bonds is 29. The van der Waals surface area contributed by atoms with E-state index in [0.717, 1.165) is 57.8 Å². The van der Waals surface area contributed by atoms with Crippen molar-refractivity contribution in [3.63, 3.8) is 0 Å². The van der Waals surface area contributed by atoms with E-state index >= 15 is 0 Å². The molecule has 1 saturated heterocycles. The Morgan fingerprint density at radius 3 is 1.59 bits per heavy atom. The van der Waals surface area contributed by atoms with Gasteiger partial charge >= 0.3 is 23.9 Å². The summed E-state index contributed by atoms with van der Waals surface area (Å²) >= 11 is 0. The monoisotopic (exact) mass is 724 g/mol. The van der Waals surface area contributed by atoms with E-state index in [1.165, 1.54) is 25.7 Å². The third-order valence-corrected chi connectivity index (χ3v) is 9.13. The highest BCUT2D eigenvalue weighted by atomic mass is 16.7. The van der Waals surface area contributed by atoms with E-state index < -0.39 is 65.1 Å². The van der Waals surface area contributed by atoms with Crippen LogP contribution in [0.4, 0.5) is 0 Å². The zero-order valence-corrected chi connectivity index (χ0v) is 31.6. The quantitative estimate of drug-likeness (QED) is 0.0306. The van der Waals surface area contributed by atoms with Crippen LogP contribution in [0.15, 0.2) is 0 Å². The Bertz CT molecular complexity index is 1120. The molecular weight excluding hydrogens is 660 g/mol. The molecule has 0 radical (unpaired) electrons. The first-order valence-corrected chi connectivity index (χ1v) is 19.2. The number of hydroxylamine groups is 2. The number of hydrogen-bond acceptors (Lipinski definition) is 9. The molecule has 0 aliphatic carbocycles. The van der Waals surface area contributed by atoms with E-state index in [4.69, 9.17) is 14.7 Å². The standard InChI is InChI=1S/C38H64N2O11/c1-5-6-7-8-9-11-14-17-20-27-38(36(48)49,28-21-18-15-12-10-13-16-19-22-32(43)44)35(47)39-29(34(46)50-37(2,3)4)23-26-33(45)51-40-30(41)24-25-31(40)42/h29H,5-28H2,1-4H3,(H,39,47)(H,43,44)(H,48,49). The molecule has 13 nitrogen and oxygen atoms in total. The highest BCUT2D eigenvalue weighted by Gasteiger charge is 2.46. The predicted octanol–water partition coefficient (Wildman–Crippen LogP) is 7.18. The first kappa shape index (κ1) is 45.5. The second-order valence-corrected chi connectivity index (χ2v) is 14.8. The number of unbranched alkanes of at least 4 members (excludes halogenated alkanes) is 15. The maximum Gasteiger partial charge on any atom is 0.333 e. The first-order valence-electron chi connectivity index (χ1n) is 19.2. The maximum absolute atomic E-state index is 14.0. The number of imide groups is 1. The van der Waals surface area contributed by atoms with Gasteiger partial charge in [0.25, 0.3) is 11.8 Å². The zero-order valence-electron chi connectivity index (χ0n) is 31.6. The van der Waals surface area contributed by atoms with Crippen LogP contribution in [0.1, 0.15) is 182 Å². The lowest BCUT2D eigenvalue weighted by atomic mass is 9.76. The number of carbonyl (C=O) groups excluding carboxylic acids is 5.